The van der Waals surface area contributed by atoms with Crippen molar-refractivity contribution < 1.29 is 4.52 Å². The first-order valence-electron chi connectivity index (χ1n) is 6.77. The third kappa shape index (κ3) is 2.63. The number of aromatic nitrogens is 6. The molecular weight excluding hydrogens is 288 g/mol. The summed E-state index contributed by atoms with van der Waals surface area (Å²) in [6, 6.07) is 1.91. The standard InChI is InChI=1S/C13H16N6OS/c1-5-10-15-12(20-18-10)8(3)21-13-17-16-11-6-7(2)14-9(4)19(11)13/h6,8H,5H2,1-4H3. The van der Waals surface area contributed by atoms with Crippen LogP contribution < -0.4 is 0 Å². The third-order valence-corrected chi connectivity index (χ3v) is 4.12. The molecule has 0 aliphatic heterocycles. The number of thioether (sulfide) groups is 1. The van der Waals surface area contributed by atoms with Gasteiger partial charge in [-0.25, -0.2) is 4.98 Å². The smallest absolute Gasteiger partial charge is 0.239 e. The lowest BCUT2D eigenvalue weighted by atomic mass is 10.4. The van der Waals surface area contributed by atoms with Crippen LogP contribution in [0.25, 0.3) is 5.65 Å². The summed E-state index contributed by atoms with van der Waals surface area (Å²) in [4.78, 5) is 8.80. The molecule has 110 valence electrons. The minimum absolute atomic E-state index is 0.00547. The quantitative estimate of drug-likeness (QED) is 0.685. The molecule has 3 aromatic heterocycles. The van der Waals surface area contributed by atoms with Gasteiger partial charge in [0.15, 0.2) is 16.6 Å². The van der Waals surface area contributed by atoms with Gasteiger partial charge in [0.25, 0.3) is 0 Å². The molecule has 0 fully saturated rings. The maximum atomic E-state index is 5.27. The predicted octanol–water partition coefficient (Wildman–Crippen LogP) is 2.54. The zero-order valence-electron chi connectivity index (χ0n) is 12.4. The van der Waals surface area contributed by atoms with Gasteiger partial charge in [0.2, 0.25) is 5.89 Å². The van der Waals surface area contributed by atoms with Crippen LogP contribution in [0.1, 0.15) is 42.3 Å². The van der Waals surface area contributed by atoms with Gasteiger partial charge < -0.3 is 4.52 Å². The molecule has 0 N–H and O–H groups in total. The van der Waals surface area contributed by atoms with Crippen LogP contribution in [-0.2, 0) is 6.42 Å². The molecule has 8 heteroatoms. The van der Waals surface area contributed by atoms with Crippen LogP contribution in [0, 0.1) is 13.8 Å². The maximum Gasteiger partial charge on any atom is 0.239 e. The second kappa shape index (κ2) is 5.44. The van der Waals surface area contributed by atoms with Crippen LogP contribution in [0.3, 0.4) is 0 Å². The lowest BCUT2D eigenvalue weighted by Gasteiger charge is -2.06. The van der Waals surface area contributed by atoms with E-state index in [4.69, 9.17) is 4.52 Å². The van der Waals surface area contributed by atoms with Gasteiger partial charge in [-0.1, -0.05) is 23.8 Å². The van der Waals surface area contributed by atoms with Crippen molar-refractivity contribution in [1.29, 1.82) is 0 Å². The SMILES string of the molecule is CCc1noc(C(C)Sc2nnc3cc(C)nc(C)n23)n1. The summed E-state index contributed by atoms with van der Waals surface area (Å²) >= 11 is 1.53. The maximum absolute atomic E-state index is 5.27. The van der Waals surface area contributed by atoms with Crippen LogP contribution in [0.15, 0.2) is 15.7 Å². The molecule has 0 saturated heterocycles. The summed E-state index contributed by atoms with van der Waals surface area (Å²) in [5.74, 6) is 2.19. The first-order valence-corrected chi connectivity index (χ1v) is 7.65. The molecule has 3 aromatic rings. The summed E-state index contributed by atoms with van der Waals surface area (Å²) in [6.45, 7) is 7.90. The van der Waals surface area contributed by atoms with E-state index in [9.17, 15) is 0 Å². The normalized spacial score (nSPS) is 13.0. The third-order valence-electron chi connectivity index (χ3n) is 3.09. The highest BCUT2D eigenvalue weighted by atomic mass is 32.2. The number of hydrogen-bond acceptors (Lipinski definition) is 7. The van der Waals surface area contributed by atoms with E-state index in [0.717, 1.165) is 34.6 Å². The van der Waals surface area contributed by atoms with Crippen molar-refractivity contribution in [2.45, 2.75) is 44.5 Å². The number of rotatable bonds is 4. The molecule has 0 bridgehead atoms. The second-order valence-corrected chi connectivity index (χ2v) is 6.09. The Kier molecular flexibility index (Phi) is 3.62. The van der Waals surface area contributed by atoms with E-state index in [0.29, 0.717) is 5.89 Å². The van der Waals surface area contributed by atoms with Crippen molar-refractivity contribution in [1.82, 2.24) is 29.7 Å². The Labute approximate surface area is 126 Å². The largest absolute Gasteiger partial charge is 0.338 e. The fourth-order valence-electron chi connectivity index (χ4n) is 2.06. The van der Waals surface area contributed by atoms with Gasteiger partial charge in [-0.15, -0.1) is 10.2 Å². The first-order chi connectivity index (χ1) is 10.1. The minimum Gasteiger partial charge on any atom is -0.338 e. The van der Waals surface area contributed by atoms with Gasteiger partial charge in [0.1, 0.15) is 5.82 Å². The van der Waals surface area contributed by atoms with Gasteiger partial charge in [0, 0.05) is 18.2 Å². The van der Waals surface area contributed by atoms with Crippen LogP contribution in [0.2, 0.25) is 0 Å². The van der Waals surface area contributed by atoms with E-state index in [1.807, 2.05) is 38.2 Å². The molecule has 3 rings (SSSR count). The average Bonchev–Trinajstić information content (AvgIpc) is 3.05. The molecule has 7 nitrogen and oxygen atoms in total. The topological polar surface area (TPSA) is 82.0 Å². The molecule has 0 aromatic carbocycles. The molecule has 0 aliphatic rings. The Morgan fingerprint density at radius 3 is 2.81 bits per heavy atom. The molecule has 21 heavy (non-hydrogen) atoms. The van der Waals surface area contributed by atoms with Crippen LogP contribution in [0.4, 0.5) is 0 Å². The fraction of sp³-hybridized carbons (Fsp3) is 0.462. The molecule has 0 radical (unpaired) electrons. The summed E-state index contributed by atoms with van der Waals surface area (Å²) in [5, 5.41) is 13.1. The van der Waals surface area contributed by atoms with Gasteiger partial charge in [-0.05, 0) is 20.8 Å². The zero-order valence-corrected chi connectivity index (χ0v) is 13.2. The summed E-state index contributed by atoms with van der Waals surface area (Å²) in [5.41, 5.74) is 1.73. The lowest BCUT2D eigenvalue weighted by Crippen LogP contribution is -2.00. The van der Waals surface area contributed by atoms with Gasteiger partial charge in [-0.3, -0.25) is 4.40 Å². The van der Waals surface area contributed by atoms with Crippen LogP contribution in [-0.4, -0.2) is 29.7 Å². The molecule has 0 saturated carbocycles. The Hall–Kier alpha value is -1.96. The Morgan fingerprint density at radius 1 is 1.29 bits per heavy atom. The number of hydrogen-bond donors (Lipinski definition) is 0. The monoisotopic (exact) mass is 304 g/mol. The van der Waals surface area contributed by atoms with Gasteiger partial charge in [-0.2, -0.15) is 4.98 Å². The van der Waals surface area contributed by atoms with Crippen molar-refractivity contribution in [3.63, 3.8) is 0 Å². The zero-order chi connectivity index (χ0) is 15.0. The highest BCUT2D eigenvalue weighted by Crippen LogP contribution is 2.33. The van der Waals surface area contributed by atoms with Crippen molar-refractivity contribution in [2.75, 3.05) is 0 Å². The Morgan fingerprint density at radius 2 is 2.10 bits per heavy atom. The van der Waals surface area contributed by atoms with Crippen molar-refractivity contribution in [3.05, 3.63) is 29.3 Å². The van der Waals surface area contributed by atoms with Gasteiger partial charge >= 0.3 is 0 Å². The number of fused-ring (bicyclic) bond motifs is 1. The van der Waals surface area contributed by atoms with Crippen molar-refractivity contribution in [2.24, 2.45) is 0 Å². The second-order valence-electron chi connectivity index (χ2n) is 4.78. The van der Waals surface area contributed by atoms with E-state index in [2.05, 4.69) is 25.3 Å². The summed E-state index contributed by atoms with van der Waals surface area (Å²) in [7, 11) is 0. The number of nitrogens with zero attached hydrogens (tertiary/aromatic N) is 6. The number of aryl methyl sites for hydroxylation is 3. The molecule has 1 atom stereocenters. The van der Waals surface area contributed by atoms with E-state index < -0.39 is 0 Å². The van der Waals surface area contributed by atoms with Gasteiger partial charge in [0.05, 0.1) is 5.25 Å². The van der Waals surface area contributed by atoms with E-state index in [1.165, 1.54) is 11.8 Å². The van der Waals surface area contributed by atoms with Crippen molar-refractivity contribution >= 4 is 17.4 Å². The Balaban J connectivity index is 1.91. The van der Waals surface area contributed by atoms with Crippen LogP contribution >= 0.6 is 11.8 Å². The van der Waals surface area contributed by atoms with E-state index in [-0.39, 0.29) is 5.25 Å². The highest BCUT2D eigenvalue weighted by molar-refractivity contribution is 7.99. The molecule has 0 spiro atoms. The highest BCUT2D eigenvalue weighted by Gasteiger charge is 2.19. The van der Waals surface area contributed by atoms with Crippen LogP contribution in [0.5, 0.6) is 0 Å². The minimum atomic E-state index is 0.00547. The fourth-order valence-corrected chi connectivity index (χ4v) is 3.00. The first kappa shape index (κ1) is 14.0. The average molecular weight is 304 g/mol. The summed E-state index contributed by atoms with van der Waals surface area (Å²) in [6.07, 6.45) is 0.761. The molecule has 1 unspecified atom stereocenters. The predicted molar refractivity (Wildman–Crippen MR) is 78.2 cm³/mol. The van der Waals surface area contributed by atoms with Crippen molar-refractivity contribution in [3.8, 4) is 0 Å². The molecule has 0 amide bonds. The Bertz CT molecular complexity index is 780. The van der Waals surface area contributed by atoms with E-state index in [1.54, 1.807) is 0 Å². The molecular formula is C13H16N6OS. The molecule has 0 aliphatic carbocycles. The van der Waals surface area contributed by atoms with E-state index >= 15 is 0 Å². The lowest BCUT2D eigenvalue weighted by molar-refractivity contribution is 0.375. The summed E-state index contributed by atoms with van der Waals surface area (Å²) < 4.78 is 7.21. The molecule has 3 heterocycles.